The van der Waals surface area contributed by atoms with Gasteiger partial charge in [0.2, 0.25) is 0 Å². The van der Waals surface area contributed by atoms with E-state index < -0.39 is 0 Å². The molecule has 1 aromatic heterocycles. The van der Waals surface area contributed by atoms with Crippen LogP contribution in [0, 0.1) is 12.3 Å². The summed E-state index contributed by atoms with van der Waals surface area (Å²) >= 11 is 0. The van der Waals surface area contributed by atoms with Crippen LogP contribution in [0.4, 0.5) is 0 Å². The largest absolute Gasteiger partial charge is 0.352 e. The molecule has 0 aliphatic heterocycles. The molecule has 0 fully saturated rings. The Kier molecular flexibility index (Phi) is 2.57. The number of hydrogen-bond donors (Lipinski definition) is 0. The lowest BCUT2D eigenvalue weighted by Gasteiger charge is -2.11. The molecular weight excluding hydrogens is 148 g/mol. The van der Waals surface area contributed by atoms with Gasteiger partial charge in [-0.2, -0.15) is 0 Å². The van der Waals surface area contributed by atoms with Crippen LogP contribution in [0.1, 0.15) is 11.3 Å². The fraction of sp³-hybridized carbons (Fsp3) is 0.400. The highest BCUT2D eigenvalue weighted by Crippen LogP contribution is 2.09. The molecule has 0 aromatic carbocycles. The Hall–Kier alpha value is -1.20. The van der Waals surface area contributed by atoms with E-state index in [9.17, 15) is 0 Å². The molecule has 0 N–H and O–H groups in total. The topological polar surface area (TPSA) is 8.17 Å². The third-order valence-corrected chi connectivity index (χ3v) is 1.82. The van der Waals surface area contributed by atoms with Gasteiger partial charge in [-0.1, -0.05) is 5.92 Å². The zero-order chi connectivity index (χ0) is 9.14. The predicted molar refractivity (Wildman–Crippen MR) is 50.7 cm³/mol. The number of terminal acetylenes is 1. The molecule has 0 unspecified atom stereocenters. The highest BCUT2D eigenvalue weighted by molar-refractivity contribution is 5.37. The van der Waals surface area contributed by atoms with E-state index in [2.05, 4.69) is 15.4 Å². The van der Waals surface area contributed by atoms with Crippen LogP contribution in [0.15, 0.2) is 12.3 Å². The summed E-state index contributed by atoms with van der Waals surface area (Å²) in [6, 6.07) is 1.97. The number of rotatable bonds is 2. The van der Waals surface area contributed by atoms with E-state index in [1.54, 1.807) is 0 Å². The Balaban J connectivity index is 2.96. The van der Waals surface area contributed by atoms with Crippen molar-refractivity contribution in [2.45, 2.75) is 6.54 Å². The lowest BCUT2D eigenvalue weighted by molar-refractivity contribution is 0.391. The summed E-state index contributed by atoms with van der Waals surface area (Å²) in [7, 11) is 6.08. The van der Waals surface area contributed by atoms with Crippen LogP contribution < -0.4 is 0 Å². The second kappa shape index (κ2) is 3.46. The van der Waals surface area contributed by atoms with E-state index in [1.165, 1.54) is 5.69 Å². The zero-order valence-corrected chi connectivity index (χ0v) is 7.83. The molecule has 0 amide bonds. The third-order valence-electron chi connectivity index (χ3n) is 1.82. The van der Waals surface area contributed by atoms with Crippen molar-refractivity contribution in [3.63, 3.8) is 0 Å². The standard InChI is InChI=1S/C10H14N2/c1-5-9-6-7-12(4)10(9)8-11(2)3/h1,6-7H,8H2,2-4H3. The summed E-state index contributed by atoms with van der Waals surface area (Å²) in [6.45, 7) is 0.892. The van der Waals surface area contributed by atoms with Crippen LogP contribution in [0.5, 0.6) is 0 Å². The van der Waals surface area contributed by atoms with Crippen LogP contribution in [-0.4, -0.2) is 23.6 Å². The molecule has 64 valence electrons. The van der Waals surface area contributed by atoms with Gasteiger partial charge in [-0.15, -0.1) is 6.42 Å². The minimum Gasteiger partial charge on any atom is -0.352 e. The number of aromatic nitrogens is 1. The molecule has 0 atom stereocenters. The van der Waals surface area contributed by atoms with Crippen molar-refractivity contribution in [1.29, 1.82) is 0 Å². The summed E-state index contributed by atoms with van der Waals surface area (Å²) < 4.78 is 2.06. The lowest BCUT2D eigenvalue weighted by Crippen LogP contribution is -2.14. The van der Waals surface area contributed by atoms with Crippen molar-refractivity contribution >= 4 is 0 Å². The number of hydrogen-bond acceptors (Lipinski definition) is 1. The van der Waals surface area contributed by atoms with E-state index in [0.29, 0.717) is 0 Å². The van der Waals surface area contributed by atoms with Crippen LogP contribution in [0.3, 0.4) is 0 Å². The Labute approximate surface area is 73.8 Å². The molecular formula is C10H14N2. The highest BCUT2D eigenvalue weighted by atomic mass is 15.1. The molecule has 2 nitrogen and oxygen atoms in total. The van der Waals surface area contributed by atoms with Crippen LogP contribution in [0.25, 0.3) is 0 Å². The highest BCUT2D eigenvalue weighted by Gasteiger charge is 2.04. The predicted octanol–water partition coefficient (Wildman–Crippen LogP) is 1.07. The van der Waals surface area contributed by atoms with Gasteiger partial charge in [0, 0.05) is 31.0 Å². The SMILES string of the molecule is C#Cc1ccn(C)c1CN(C)C. The molecule has 0 aliphatic carbocycles. The molecule has 0 radical (unpaired) electrons. The van der Waals surface area contributed by atoms with Gasteiger partial charge in [-0.25, -0.2) is 0 Å². The van der Waals surface area contributed by atoms with Crippen molar-refractivity contribution < 1.29 is 0 Å². The van der Waals surface area contributed by atoms with Crippen LogP contribution in [0.2, 0.25) is 0 Å². The first-order valence-corrected chi connectivity index (χ1v) is 3.90. The Bertz CT molecular complexity index is 302. The van der Waals surface area contributed by atoms with Gasteiger partial charge < -0.3 is 9.47 Å². The number of aryl methyl sites for hydroxylation is 1. The molecule has 0 saturated carbocycles. The lowest BCUT2D eigenvalue weighted by atomic mass is 10.2. The smallest absolute Gasteiger partial charge is 0.0472 e. The zero-order valence-electron chi connectivity index (χ0n) is 7.83. The maximum absolute atomic E-state index is 5.36. The average Bonchev–Trinajstić information content (AvgIpc) is 2.32. The Morgan fingerprint density at radius 3 is 2.75 bits per heavy atom. The van der Waals surface area contributed by atoms with Crippen molar-refractivity contribution in [2.75, 3.05) is 14.1 Å². The summed E-state index contributed by atoms with van der Waals surface area (Å²) in [6.07, 6.45) is 7.35. The molecule has 0 spiro atoms. The quantitative estimate of drug-likeness (QED) is 0.590. The summed E-state index contributed by atoms with van der Waals surface area (Å²) in [5, 5.41) is 0. The second-order valence-corrected chi connectivity index (χ2v) is 3.17. The molecule has 0 aliphatic rings. The van der Waals surface area contributed by atoms with Gasteiger partial charge in [-0.05, 0) is 20.2 Å². The molecule has 0 saturated heterocycles. The van der Waals surface area contributed by atoms with E-state index in [0.717, 1.165) is 12.1 Å². The van der Waals surface area contributed by atoms with Gasteiger partial charge >= 0.3 is 0 Å². The Morgan fingerprint density at radius 1 is 1.58 bits per heavy atom. The van der Waals surface area contributed by atoms with Crippen LogP contribution in [-0.2, 0) is 13.6 Å². The van der Waals surface area contributed by atoms with Crippen molar-refractivity contribution in [2.24, 2.45) is 7.05 Å². The Morgan fingerprint density at radius 2 is 2.25 bits per heavy atom. The minimum atomic E-state index is 0.892. The normalized spacial score (nSPS) is 10.2. The average molecular weight is 162 g/mol. The fourth-order valence-electron chi connectivity index (χ4n) is 1.19. The van der Waals surface area contributed by atoms with Gasteiger partial charge in [-0.3, -0.25) is 0 Å². The summed E-state index contributed by atoms with van der Waals surface area (Å²) in [5.41, 5.74) is 2.19. The first kappa shape index (κ1) is 8.89. The number of nitrogens with zero attached hydrogens (tertiary/aromatic N) is 2. The molecule has 2 heteroatoms. The molecule has 1 rings (SSSR count). The van der Waals surface area contributed by atoms with Crippen molar-refractivity contribution in [3.8, 4) is 12.3 Å². The third kappa shape index (κ3) is 1.69. The summed E-state index contributed by atoms with van der Waals surface area (Å²) in [4.78, 5) is 2.11. The van der Waals surface area contributed by atoms with Gasteiger partial charge in [0.1, 0.15) is 0 Å². The maximum atomic E-state index is 5.36. The maximum Gasteiger partial charge on any atom is 0.0472 e. The minimum absolute atomic E-state index is 0.892. The molecule has 0 bridgehead atoms. The van der Waals surface area contributed by atoms with Gasteiger partial charge in [0.05, 0.1) is 0 Å². The monoisotopic (exact) mass is 162 g/mol. The van der Waals surface area contributed by atoms with E-state index in [4.69, 9.17) is 6.42 Å². The molecule has 12 heavy (non-hydrogen) atoms. The van der Waals surface area contributed by atoms with Gasteiger partial charge in [0.25, 0.3) is 0 Å². The van der Waals surface area contributed by atoms with Gasteiger partial charge in [0.15, 0.2) is 0 Å². The second-order valence-electron chi connectivity index (χ2n) is 3.17. The molecule has 1 heterocycles. The van der Waals surface area contributed by atoms with E-state index >= 15 is 0 Å². The first-order chi connectivity index (χ1) is 5.65. The van der Waals surface area contributed by atoms with E-state index in [1.807, 2.05) is 33.4 Å². The van der Waals surface area contributed by atoms with E-state index in [-0.39, 0.29) is 0 Å². The fourth-order valence-corrected chi connectivity index (χ4v) is 1.19. The van der Waals surface area contributed by atoms with Crippen molar-refractivity contribution in [3.05, 3.63) is 23.5 Å². The summed E-state index contributed by atoms with van der Waals surface area (Å²) in [5.74, 6) is 2.67. The van der Waals surface area contributed by atoms with Crippen molar-refractivity contribution in [1.82, 2.24) is 9.47 Å². The molecule has 1 aromatic rings. The first-order valence-electron chi connectivity index (χ1n) is 3.90. The van der Waals surface area contributed by atoms with Crippen LogP contribution >= 0.6 is 0 Å².